The van der Waals surface area contributed by atoms with Crippen LogP contribution in [0.4, 0.5) is 11.4 Å². The molecule has 0 aliphatic carbocycles. The van der Waals surface area contributed by atoms with Crippen molar-refractivity contribution in [3.8, 4) is 11.5 Å². The van der Waals surface area contributed by atoms with Gasteiger partial charge in [-0.3, -0.25) is 4.79 Å². The van der Waals surface area contributed by atoms with Crippen molar-refractivity contribution in [1.82, 2.24) is 0 Å². The lowest BCUT2D eigenvalue weighted by Gasteiger charge is -2.09. The molecule has 0 saturated carbocycles. The molecule has 0 aliphatic heterocycles. The predicted octanol–water partition coefficient (Wildman–Crippen LogP) is 3.76. The first-order valence-electron chi connectivity index (χ1n) is 9.36. The predicted molar refractivity (Wildman–Crippen MR) is 108 cm³/mol. The summed E-state index contributed by atoms with van der Waals surface area (Å²) < 4.78 is 10.3. The zero-order valence-electron chi connectivity index (χ0n) is 16.6. The molecule has 2 rings (SSSR count). The second-order valence-corrected chi connectivity index (χ2v) is 6.37. The molecule has 2 aromatic rings. The molecule has 2 aromatic carbocycles. The fraction of sp³-hybridized carbons (Fsp3) is 0.333. The van der Waals surface area contributed by atoms with Gasteiger partial charge in [-0.2, -0.15) is 0 Å². The van der Waals surface area contributed by atoms with Gasteiger partial charge in [0.25, 0.3) is 0 Å². The summed E-state index contributed by atoms with van der Waals surface area (Å²) in [5.41, 5.74) is 1.69. The molecule has 0 fully saturated rings. The number of methoxy groups -OCH3 is 1. The maximum absolute atomic E-state index is 12.1. The quantitative estimate of drug-likeness (QED) is 0.288. The van der Waals surface area contributed by atoms with Crippen molar-refractivity contribution in [1.29, 1.82) is 0 Å². The molecule has 160 valence electrons. The standard InChI is InChI=1S/C21H24N2O7/c1-29-21(28)16-12-14(4-2-10-24)6-8-17(16)22-23-18-9-7-15(25)13-19(18)30-11-3-5-20(26)27/h6-9,12-13,24-25H,2-5,10-11H2,1H3,(H,26,27). The smallest absolute Gasteiger partial charge is 0.340 e. The summed E-state index contributed by atoms with van der Waals surface area (Å²) in [5, 5.41) is 35.6. The van der Waals surface area contributed by atoms with Crippen molar-refractivity contribution in [3.05, 3.63) is 47.5 Å². The van der Waals surface area contributed by atoms with Gasteiger partial charge in [0, 0.05) is 19.1 Å². The highest BCUT2D eigenvalue weighted by molar-refractivity contribution is 5.95. The maximum Gasteiger partial charge on any atom is 0.340 e. The van der Waals surface area contributed by atoms with E-state index in [1.54, 1.807) is 18.2 Å². The minimum atomic E-state index is -0.924. The van der Waals surface area contributed by atoms with Crippen molar-refractivity contribution in [3.63, 3.8) is 0 Å². The number of aliphatic hydroxyl groups excluding tert-OH is 1. The van der Waals surface area contributed by atoms with E-state index in [2.05, 4.69) is 10.2 Å². The largest absolute Gasteiger partial charge is 0.508 e. The van der Waals surface area contributed by atoms with Crippen LogP contribution in [-0.4, -0.2) is 47.6 Å². The number of carboxylic acid groups (broad SMARTS) is 1. The van der Waals surface area contributed by atoms with Gasteiger partial charge in [0.2, 0.25) is 0 Å². The number of aryl methyl sites for hydroxylation is 1. The molecule has 0 amide bonds. The van der Waals surface area contributed by atoms with Crippen LogP contribution >= 0.6 is 0 Å². The molecule has 0 aliphatic rings. The van der Waals surface area contributed by atoms with Crippen LogP contribution in [0.25, 0.3) is 0 Å². The van der Waals surface area contributed by atoms with Crippen LogP contribution in [0, 0.1) is 0 Å². The lowest BCUT2D eigenvalue weighted by Crippen LogP contribution is -2.03. The average molecular weight is 416 g/mol. The average Bonchev–Trinajstić information content (AvgIpc) is 2.74. The van der Waals surface area contributed by atoms with Gasteiger partial charge in [0.05, 0.1) is 19.3 Å². The summed E-state index contributed by atoms with van der Waals surface area (Å²) in [6.45, 7) is 0.177. The number of ether oxygens (including phenoxy) is 2. The third-order valence-corrected chi connectivity index (χ3v) is 4.09. The van der Waals surface area contributed by atoms with Gasteiger partial charge in [-0.1, -0.05) is 6.07 Å². The number of aliphatic carboxylic acids is 1. The number of aliphatic hydroxyl groups is 1. The van der Waals surface area contributed by atoms with E-state index in [4.69, 9.17) is 19.7 Å². The number of benzene rings is 2. The number of hydrogen-bond acceptors (Lipinski definition) is 8. The molecule has 0 bridgehead atoms. The Morgan fingerprint density at radius 2 is 1.77 bits per heavy atom. The molecule has 0 atom stereocenters. The lowest BCUT2D eigenvalue weighted by molar-refractivity contribution is -0.137. The van der Waals surface area contributed by atoms with Gasteiger partial charge in [0.1, 0.15) is 22.9 Å². The van der Waals surface area contributed by atoms with Crippen LogP contribution in [0.2, 0.25) is 0 Å². The van der Waals surface area contributed by atoms with Gasteiger partial charge in [0.15, 0.2) is 0 Å². The minimum Gasteiger partial charge on any atom is -0.508 e. The van der Waals surface area contributed by atoms with E-state index in [-0.39, 0.29) is 36.7 Å². The summed E-state index contributed by atoms with van der Waals surface area (Å²) in [5.74, 6) is -1.29. The normalized spacial score (nSPS) is 10.9. The summed E-state index contributed by atoms with van der Waals surface area (Å²) in [6, 6.07) is 9.34. The van der Waals surface area contributed by atoms with E-state index in [0.717, 1.165) is 5.56 Å². The van der Waals surface area contributed by atoms with Crippen LogP contribution in [0.15, 0.2) is 46.6 Å². The highest BCUT2D eigenvalue weighted by Crippen LogP contribution is 2.33. The zero-order valence-corrected chi connectivity index (χ0v) is 16.6. The molecular weight excluding hydrogens is 392 g/mol. The Hall–Kier alpha value is -3.46. The van der Waals surface area contributed by atoms with Gasteiger partial charge in [-0.15, -0.1) is 10.2 Å². The first-order chi connectivity index (χ1) is 14.4. The lowest BCUT2D eigenvalue weighted by atomic mass is 10.0. The first kappa shape index (κ1) is 22.8. The number of rotatable bonds is 11. The molecule has 0 aromatic heterocycles. The van der Waals surface area contributed by atoms with Gasteiger partial charge < -0.3 is 24.8 Å². The van der Waals surface area contributed by atoms with E-state index in [0.29, 0.717) is 30.6 Å². The van der Waals surface area contributed by atoms with Crippen LogP contribution in [0.3, 0.4) is 0 Å². The Morgan fingerprint density at radius 1 is 1.03 bits per heavy atom. The highest BCUT2D eigenvalue weighted by Gasteiger charge is 2.13. The number of phenols is 1. The number of hydrogen-bond donors (Lipinski definition) is 3. The molecule has 30 heavy (non-hydrogen) atoms. The van der Waals surface area contributed by atoms with Crippen molar-refractivity contribution in [2.75, 3.05) is 20.3 Å². The summed E-state index contributed by atoms with van der Waals surface area (Å²) in [4.78, 5) is 22.7. The summed E-state index contributed by atoms with van der Waals surface area (Å²) in [6.07, 6.45) is 1.42. The fourth-order valence-corrected chi connectivity index (χ4v) is 2.60. The molecule has 0 radical (unpaired) electrons. The third-order valence-electron chi connectivity index (χ3n) is 4.09. The number of esters is 1. The Bertz CT molecular complexity index is 912. The number of carboxylic acids is 1. The van der Waals surface area contributed by atoms with Crippen LogP contribution < -0.4 is 4.74 Å². The van der Waals surface area contributed by atoms with E-state index < -0.39 is 11.9 Å². The monoisotopic (exact) mass is 416 g/mol. The third kappa shape index (κ3) is 6.85. The number of carbonyl (C=O) groups is 2. The fourth-order valence-electron chi connectivity index (χ4n) is 2.60. The Labute approximate surface area is 173 Å². The summed E-state index contributed by atoms with van der Waals surface area (Å²) >= 11 is 0. The van der Waals surface area contributed by atoms with Crippen molar-refractivity contribution < 1.29 is 34.4 Å². The maximum atomic E-state index is 12.1. The minimum absolute atomic E-state index is 0.0364. The first-order valence-corrected chi connectivity index (χ1v) is 9.36. The molecule has 0 unspecified atom stereocenters. The van der Waals surface area contributed by atoms with E-state index in [1.807, 2.05) is 0 Å². The molecule has 0 saturated heterocycles. The number of aromatic hydroxyl groups is 1. The highest BCUT2D eigenvalue weighted by atomic mass is 16.5. The van der Waals surface area contributed by atoms with Crippen LogP contribution in [0.1, 0.15) is 35.2 Å². The molecule has 9 heteroatoms. The molecule has 0 spiro atoms. The Kier molecular flexibility index (Phi) is 8.76. The molecule has 0 heterocycles. The van der Waals surface area contributed by atoms with Crippen molar-refractivity contribution in [2.45, 2.75) is 25.7 Å². The second kappa shape index (κ2) is 11.5. The van der Waals surface area contributed by atoms with E-state index in [1.165, 1.54) is 25.3 Å². The molecular formula is C21H24N2O7. The van der Waals surface area contributed by atoms with Crippen molar-refractivity contribution >= 4 is 23.3 Å². The Balaban J connectivity index is 2.25. The number of nitrogens with zero attached hydrogens (tertiary/aromatic N) is 2. The van der Waals surface area contributed by atoms with E-state index in [9.17, 15) is 14.7 Å². The van der Waals surface area contributed by atoms with Crippen LogP contribution in [0.5, 0.6) is 11.5 Å². The zero-order chi connectivity index (χ0) is 21.9. The number of azo groups is 1. The SMILES string of the molecule is COC(=O)c1cc(CCCO)ccc1N=Nc1ccc(O)cc1OCCCC(=O)O. The van der Waals surface area contributed by atoms with Crippen LogP contribution in [-0.2, 0) is 16.0 Å². The number of carbonyl (C=O) groups excluding carboxylic acids is 1. The molecule has 3 N–H and O–H groups in total. The Morgan fingerprint density at radius 3 is 2.47 bits per heavy atom. The van der Waals surface area contributed by atoms with Gasteiger partial charge in [-0.25, -0.2) is 4.79 Å². The van der Waals surface area contributed by atoms with Gasteiger partial charge in [-0.05, 0) is 49.1 Å². The topological polar surface area (TPSA) is 138 Å². The van der Waals surface area contributed by atoms with E-state index >= 15 is 0 Å². The second-order valence-electron chi connectivity index (χ2n) is 6.37. The molecule has 9 nitrogen and oxygen atoms in total. The summed E-state index contributed by atoms with van der Waals surface area (Å²) in [7, 11) is 1.27. The van der Waals surface area contributed by atoms with Crippen molar-refractivity contribution in [2.24, 2.45) is 10.2 Å². The van der Waals surface area contributed by atoms with Gasteiger partial charge >= 0.3 is 11.9 Å². The number of phenolic OH excluding ortho intramolecular Hbond substituents is 1.